The Kier molecular flexibility index (Phi) is 9.06. The number of hydrogen-bond acceptors (Lipinski definition) is 6. The standard InChI is InChI=1S/C32H35FN4O4/c1-23-6-8-25(9-7-23)30-21-29(24-10-12-28(40-2)13-11-24)34-37(30)31(38)22-36(15-14-35-16-18-41-19-17-35)32(39)26-4-3-5-27(33)20-26/h3-13,20,30H,14-19,21-22H2,1-2H3/t30-/m0/s1. The van der Waals surface area contributed by atoms with Gasteiger partial charge in [0.15, 0.2) is 0 Å². The highest BCUT2D eigenvalue weighted by Crippen LogP contribution is 2.33. The number of carbonyl (C=O) groups excluding carboxylic acids is 2. The number of morpholine rings is 1. The summed E-state index contributed by atoms with van der Waals surface area (Å²) >= 11 is 0. The molecular weight excluding hydrogens is 523 g/mol. The lowest BCUT2D eigenvalue weighted by Gasteiger charge is -2.31. The van der Waals surface area contributed by atoms with Crippen LogP contribution in [-0.2, 0) is 9.53 Å². The molecule has 2 aliphatic rings. The third-order valence-corrected chi connectivity index (χ3v) is 7.53. The quantitative estimate of drug-likeness (QED) is 0.392. The van der Waals surface area contributed by atoms with Crippen LogP contribution in [0.4, 0.5) is 4.39 Å². The number of methoxy groups -OCH3 is 1. The van der Waals surface area contributed by atoms with Gasteiger partial charge in [0, 0.05) is 38.2 Å². The number of aryl methyl sites for hydroxylation is 1. The van der Waals surface area contributed by atoms with Crippen molar-refractivity contribution in [3.63, 3.8) is 0 Å². The van der Waals surface area contributed by atoms with Gasteiger partial charge in [-0.1, -0.05) is 35.9 Å². The first-order chi connectivity index (χ1) is 19.9. The molecule has 2 amide bonds. The Morgan fingerprint density at radius 3 is 2.46 bits per heavy atom. The minimum absolute atomic E-state index is 0.179. The molecule has 2 aliphatic heterocycles. The van der Waals surface area contributed by atoms with E-state index in [-0.39, 0.29) is 24.1 Å². The van der Waals surface area contributed by atoms with E-state index in [0.29, 0.717) is 32.7 Å². The van der Waals surface area contributed by atoms with E-state index in [1.807, 2.05) is 55.5 Å². The van der Waals surface area contributed by atoms with Gasteiger partial charge in [0.2, 0.25) is 0 Å². The molecule has 214 valence electrons. The molecule has 9 heteroatoms. The molecule has 41 heavy (non-hydrogen) atoms. The van der Waals surface area contributed by atoms with E-state index in [2.05, 4.69) is 4.90 Å². The molecule has 3 aromatic rings. The number of hydrogen-bond donors (Lipinski definition) is 0. The number of benzene rings is 3. The molecule has 2 heterocycles. The van der Waals surface area contributed by atoms with Gasteiger partial charge in [-0.15, -0.1) is 0 Å². The van der Waals surface area contributed by atoms with Gasteiger partial charge in [-0.05, 0) is 60.5 Å². The van der Waals surface area contributed by atoms with Gasteiger partial charge < -0.3 is 14.4 Å². The van der Waals surface area contributed by atoms with Gasteiger partial charge in [-0.3, -0.25) is 14.5 Å². The normalized spacial score (nSPS) is 17.3. The van der Waals surface area contributed by atoms with E-state index in [9.17, 15) is 14.0 Å². The first kappa shape index (κ1) is 28.4. The van der Waals surface area contributed by atoms with E-state index < -0.39 is 11.7 Å². The van der Waals surface area contributed by atoms with Gasteiger partial charge in [0.05, 0.1) is 32.1 Å². The Balaban J connectivity index is 1.41. The topological polar surface area (TPSA) is 74.7 Å². The molecule has 1 atom stereocenters. The fraction of sp³-hybridized carbons (Fsp3) is 0.344. The van der Waals surface area contributed by atoms with E-state index >= 15 is 0 Å². The van der Waals surface area contributed by atoms with Crippen LogP contribution in [0.25, 0.3) is 0 Å². The largest absolute Gasteiger partial charge is 0.497 e. The summed E-state index contributed by atoms with van der Waals surface area (Å²) in [6.07, 6.45) is 0.534. The van der Waals surface area contributed by atoms with Gasteiger partial charge in [-0.2, -0.15) is 5.10 Å². The Morgan fingerprint density at radius 2 is 1.78 bits per heavy atom. The predicted octanol–water partition coefficient (Wildman–Crippen LogP) is 4.30. The maximum Gasteiger partial charge on any atom is 0.262 e. The Morgan fingerprint density at radius 1 is 1.05 bits per heavy atom. The van der Waals surface area contributed by atoms with Crippen molar-refractivity contribution in [1.82, 2.24) is 14.8 Å². The Labute approximate surface area is 240 Å². The third kappa shape index (κ3) is 6.99. The van der Waals surface area contributed by atoms with Crippen molar-refractivity contribution in [1.29, 1.82) is 0 Å². The van der Waals surface area contributed by atoms with Crippen LogP contribution in [0.3, 0.4) is 0 Å². The fourth-order valence-electron chi connectivity index (χ4n) is 5.13. The molecule has 0 aromatic heterocycles. The molecule has 0 radical (unpaired) electrons. The average Bonchev–Trinajstić information content (AvgIpc) is 3.45. The summed E-state index contributed by atoms with van der Waals surface area (Å²) in [7, 11) is 1.62. The average molecular weight is 559 g/mol. The highest BCUT2D eigenvalue weighted by Gasteiger charge is 2.34. The van der Waals surface area contributed by atoms with Gasteiger partial charge in [0.1, 0.15) is 18.1 Å². The van der Waals surface area contributed by atoms with Crippen LogP contribution in [0.2, 0.25) is 0 Å². The first-order valence-corrected chi connectivity index (χ1v) is 13.9. The fourth-order valence-corrected chi connectivity index (χ4v) is 5.13. The number of rotatable bonds is 9. The number of hydrazone groups is 1. The van der Waals surface area contributed by atoms with Gasteiger partial charge in [0.25, 0.3) is 11.8 Å². The Hall–Kier alpha value is -4.08. The summed E-state index contributed by atoms with van der Waals surface area (Å²) < 4.78 is 24.7. The monoisotopic (exact) mass is 558 g/mol. The zero-order valence-corrected chi connectivity index (χ0v) is 23.5. The van der Waals surface area contributed by atoms with Crippen LogP contribution in [0.5, 0.6) is 5.75 Å². The highest BCUT2D eigenvalue weighted by atomic mass is 19.1. The molecule has 5 rings (SSSR count). The molecule has 1 fully saturated rings. The number of ether oxygens (including phenoxy) is 2. The van der Waals surface area contributed by atoms with Crippen molar-refractivity contribution < 1.29 is 23.5 Å². The van der Waals surface area contributed by atoms with Crippen molar-refractivity contribution >= 4 is 17.5 Å². The second-order valence-electron chi connectivity index (χ2n) is 10.3. The highest BCUT2D eigenvalue weighted by molar-refractivity contribution is 6.03. The predicted molar refractivity (Wildman–Crippen MR) is 154 cm³/mol. The van der Waals surface area contributed by atoms with Gasteiger partial charge in [-0.25, -0.2) is 9.40 Å². The number of amides is 2. The number of halogens is 1. The summed E-state index contributed by atoms with van der Waals surface area (Å²) in [5.74, 6) is -0.451. The molecular formula is C32H35FN4O4. The molecule has 8 nitrogen and oxygen atoms in total. The van der Waals surface area contributed by atoms with Gasteiger partial charge >= 0.3 is 0 Å². The van der Waals surface area contributed by atoms with E-state index in [1.54, 1.807) is 13.2 Å². The molecule has 0 aliphatic carbocycles. The second kappa shape index (κ2) is 13.1. The maximum atomic E-state index is 14.0. The van der Waals surface area contributed by atoms with Crippen LogP contribution < -0.4 is 4.74 Å². The van der Waals surface area contributed by atoms with E-state index in [1.165, 1.54) is 28.1 Å². The minimum Gasteiger partial charge on any atom is -0.497 e. The third-order valence-electron chi connectivity index (χ3n) is 7.53. The molecule has 0 unspecified atom stereocenters. The van der Waals surface area contributed by atoms with Crippen molar-refractivity contribution in [2.45, 2.75) is 19.4 Å². The molecule has 0 N–H and O–H groups in total. The molecule has 0 bridgehead atoms. The van der Waals surface area contributed by atoms with Crippen LogP contribution in [0, 0.1) is 12.7 Å². The minimum atomic E-state index is -0.497. The lowest BCUT2D eigenvalue weighted by molar-refractivity contribution is -0.133. The molecule has 0 spiro atoms. The van der Waals surface area contributed by atoms with Crippen LogP contribution >= 0.6 is 0 Å². The van der Waals surface area contributed by atoms with Crippen LogP contribution in [0.1, 0.15) is 39.5 Å². The number of carbonyl (C=O) groups is 2. The van der Waals surface area contributed by atoms with Crippen molar-refractivity contribution in [2.24, 2.45) is 5.10 Å². The van der Waals surface area contributed by atoms with Crippen molar-refractivity contribution in [2.75, 3.05) is 53.0 Å². The molecule has 1 saturated heterocycles. The molecule has 3 aromatic carbocycles. The summed E-state index contributed by atoms with van der Waals surface area (Å²) in [5.41, 5.74) is 3.98. The zero-order chi connectivity index (χ0) is 28.8. The van der Waals surface area contributed by atoms with Crippen molar-refractivity contribution in [3.05, 3.63) is 101 Å². The van der Waals surface area contributed by atoms with E-state index in [4.69, 9.17) is 14.6 Å². The zero-order valence-electron chi connectivity index (χ0n) is 23.5. The maximum absolute atomic E-state index is 14.0. The lowest BCUT2D eigenvalue weighted by atomic mass is 9.97. The Bertz CT molecular complexity index is 1390. The molecule has 0 saturated carbocycles. The number of nitrogens with zero attached hydrogens (tertiary/aromatic N) is 4. The van der Waals surface area contributed by atoms with E-state index in [0.717, 1.165) is 41.2 Å². The second-order valence-corrected chi connectivity index (χ2v) is 10.3. The van der Waals surface area contributed by atoms with Crippen LogP contribution in [-0.4, -0.2) is 85.4 Å². The summed E-state index contributed by atoms with van der Waals surface area (Å²) in [6, 6.07) is 20.9. The smallest absolute Gasteiger partial charge is 0.262 e. The summed E-state index contributed by atoms with van der Waals surface area (Å²) in [6.45, 7) is 5.52. The van der Waals surface area contributed by atoms with Crippen molar-refractivity contribution in [3.8, 4) is 5.75 Å². The summed E-state index contributed by atoms with van der Waals surface area (Å²) in [4.78, 5) is 31.2. The summed E-state index contributed by atoms with van der Waals surface area (Å²) in [5, 5.41) is 6.28. The van der Waals surface area contributed by atoms with Crippen LogP contribution in [0.15, 0.2) is 77.9 Å². The lowest BCUT2D eigenvalue weighted by Crippen LogP contribution is -2.46. The SMILES string of the molecule is COc1ccc(C2=NN(C(=O)CN(CCN3CCOCC3)C(=O)c3cccc(F)c3)[C@H](c3ccc(C)cc3)C2)cc1. The first-order valence-electron chi connectivity index (χ1n) is 13.9.